The van der Waals surface area contributed by atoms with Crippen molar-refractivity contribution in [2.75, 3.05) is 6.61 Å². The third kappa shape index (κ3) is 3.55. The summed E-state index contributed by atoms with van der Waals surface area (Å²) in [5, 5.41) is 0. The summed E-state index contributed by atoms with van der Waals surface area (Å²) >= 11 is 4.86. The lowest BCUT2D eigenvalue weighted by Crippen LogP contribution is -2.16. The second-order valence-corrected chi connectivity index (χ2v) is 3.37. The number of benzene rings is 1. The summed E-state index contributed by atoms with van der Waals surface area (Å²) in [6.45, 7) is 0.231. The molecule has 0 unspecified atom stereocenters. The zero-order valence-corrected chi connectivity index (χ0v) is 8.92. The number of thiocarbonyl (C=S) groups is 1. The molecule has 4 nitrogen and oxygen atoms in total. The van der Waals surface area contributed by atoms with Gasteiger partial charge in [-0.05, 0) is 12.1 Å². The predicted molar refractivity (Wildman–Crippen MR) is 61.6 cm³/mol. The molecule has 15 heavy (non-hydrogen) atoms. The van der Waals surface area contributed by atoms with Gasteiger partial charge in [0.1, 0.15) is 10.7 Å². The number of carbonyl (C=O) groups is 1. The van der Waals surface area contributed by atoms with Crippen LogP contribution in [0.1, 0.15) is 12.0 Å². The first-order valence-electron chi connectivity index (χ1n) is 4.41. The quantitative estimate of drug-likeness (QED) is 0.717. The van der Waals surface area contributed by atoms with E-state index in [1.165, 1.54) is 0 Å². The van der Waals surface area contributed by atoms with E-state index in [-0.39, 0.29) is 18.0 Å². The Hall–Kier alpha value is -1.62. The van der Waals surface area contributed by atoms with Gasteiger partial charge in [0.15, 0.2) is 0 Å². The Kier molecular flexibility index (Phi) is 4.05. The minimum Gasteiger partial charge on any atom is -0.492 e. The van der Waals surface area contributed by atoms with Crippen molar-refractivity contribution in [3.8, 4) is 5.75 Å². The highest BCUT2D eigenvalue weighted by Crippen LogP contribution is 2.17. The van der Waals surface area contributed by atoms with Crippen LogP contribution in [0.5, 0.6) is 5.75 Å². The van der Waals surface area contributed by atoms with Gasteiger partial charge in [0, 0.05) is 0 Å². The van der Waals surface area contributed by atoms with E-state index in [1.54, 1.807) is 18.2 Å². The number of amides is 1. The normalized spacial score (nSPS) is 9.60. The third-order valence-corrected chi connectivity index (χ3v) is 1.98. The van der Waals surface area contributed by atoms with Gasteiger partial charge in [0.25, 0.3) is 0 Å². The molecule has 0 aliphatic heterocycles. The van der Waals surface area contributed by atoms with Crippen molar-refractivity contribution in [2.24, 2.45) is 11.5 Å². The van der Waals surface area contributed by atoms with Crippen molar-refractivity contribution in [1.29, 1.82) is 0 Å². The first-order chi connectivity index (χ1) is 7.11. The summed E-state index contributed by atoms with van der Waals surface area (Å²) in [4.78, 5) is 10.8. The first-order valence-corrected chi connectivity index (χ1v) is 4.82. The monoisotopic (exact) mass is 224 g/mol. The van der Waals surface area contributed by atoms with Gasteiger partial charge in [-0.15, -0.1) is 0 Å². The molecule has 5 heteroatoms. The Morgan fingerprint density at radius 1 is 1.33 bits per heavy atom. The van der Waals surface area contributed by atoms with Crippen LogP contribution in [-0.2, 0) is 4.79 Å². The lowest BCUT2D eigenvalue weighted by molar-refractivity contribution is -0.118. The third-order valence-electron chi connectivity index (χ3n) is 1.76. The van der Waals surface area contributed by atoms with E-state index in [9.17, 15) is 4.79 Å². The second-order valence-electron chi connectivity index (χ2n) is 2.93. The van der Waals surface area contributed by atoms with Gasteiger partial charge in [-0.1, -0.05) is 24.4 Å². The second kappa shape index (κ2) is 5.31. The maximum atomic E-state index is 10.5. The van der Waals surface area contributed by atoms with Crippen LogP contribution in [0.3, 0.4) is 0 Å². The summed E-state index contributed by atoms with van der Waals surface area (Å²) in [6, 6.07) is 7.13. The molecule has 0 atom stereocenters. The highest BCUT2D eigenvalue weighted by atomic mass is 32.1. The van der Waals surface area contributed by atoms with Gasteiger partial charge in [0.2, 0.25) is 5.91 Å². The average molecular weight is 224 g/mol. The molecule has 0 heterocycles. The molecular weight excluding hydrogens is 212 g/mol. The standard InChI is InChI=1S/C10H12N2O2S/c11-9(13)5-6-14-8-4-2-1-3-7(8)10(12)15/h1-4H,5-6H2,(H2,11,13)(H2,12,15). The number of carbonyl (C=O) groups excluding carboxylic acids is 1. The van der Waals surface area contributed by atoms with E-state index in [2.05, 4.69) is 0 Å². The molecule has 0 aromatic heterocycles. The fraction of sp³-hybridized carbons (Fsp3) is 0.200. The summed E-state index contributed by atoms with van der Waals surface area (Å²) in [5.41, 5.74) is 11.2. The van der Waals surface area contributed by atoms with E-state index < -0.39 is 5.91 Å². The average Bonchev–Trinajstić information content (AvgIpc) is 2.17. The van der Waals surface area contributed by atoms with Crippen LogP contribution in [0.25, 0.3) is 0 Å². The molecule has 1 aromatic carbocycles. The van der Waals surface area contributed by atoms with Crippen molar-refractivity contribution in [2.45, 2.75) is 6.42 Å². The number of rotatable bonds is 5. The highest BCUT2D eigenvalue weighted by molar-refractivity contribution is 7.80. The molecule has 80 valence electrons. The van der Waals surface area contributed by atoms with Crippen LogP contribution in [-0.4, -0.2) is 17.5 Å². The van der Waals surface area contributed by atoms with Crippen LogP contribution in [0.2, 0.25) is 0 Å². The number of para-hydroxylation sites is 1. The van der Waals surface area contributed by atoms with Crippen molar-refractivity contribution in [1.82, 2.24) is 0 Å². The molecule has 1 rings (SSSR count). The molecule has 1 aromatic rings. The Labute approximate surface area is 93.2 Å². The van der Waals surface area contributed by atoms with Gasteiger partial charge >= 0.3 is 0 Å². The number of nitrogens with two attached hydrogens (primary N) is 2. The van der Waals surface area contributed by atoms with E-state index in [0.717, 1.165) is 0 Å². The molecule has 0 saturated carbocycles. The van der Waals surface area contributed by atoms with Gasteiger partial charge in [-0.3, -0.25) is 4.79 Å². The van der Waals surface area contributed by atoms with Gasteiger partial charge in [0.05, 0.1) is 18.6 Å². The van der Waals surface area contributed by atoms with E-state index in [4.69, 9.17) is 28.4 Å². The summed E-state index contributed by atoms with van der Waals surface area (Å²) in [6.07, 6.45) is 0.172. The fourth-order valence-corrected chi connectivity index (χ4v) is 1.23. The Morgan fingerprint density at radius 2 is 2.00 bits per heavy atom. The van der Waals surface area contributed by atoms with Crippen LogP contribution < -0.4 is 16.2 Å². The highest BCUT2D eigenvalue weighted by Gasteiger charge is 2.05. The zero-order valence-electron chi connectivity index (χ0n) is 8.10. The largest absolute Gasteiger partial charge is 0.492 e. The van der Waals surface area contributed by atoms with Gasteiger partial charge < -0.3 is 16.2 Å². The van der Waals surface area contributed by atoms with Gasteiger partial charge in [-0.2, -0.15) is 0 Å². The first kappa shape index (κ1) is 11.5. The Morgan fingerprint density at radius 3 is 2.60 bits per heavy atom. The molecule has 0 fully saturated rings. The van der Waals surface area contributed by atoms with E-state index >= 15 is 0 Å². The summed E-state index contributed by atoms with van der Waals surface area (Å²) < 4.78 is 5.34. The number of ether oxygens (including phenoxy) is 1. The van der Waals surface area contributed by atoms with Crippen molar-refractivity contribution >= 4 is 23.1 Å². The molecule has 0 saturated heterocycles. The van der Waals surface area contributed by atoms with Crippen LogP contribution in [0, 0.1) is 0 Å². The van der Waals surface area contributed by atoms with Crippen LogP contribution >= 0.6 is 12.2 Å². The Bertz CT molecular complexity index is 379. The number of primary amides is 1. The van der Waals surface area contributed by atoms with Crippen LogP contribution in [0.15, 0.2) is 24.3 Å². The zero-order chi connectivity index (χ0) is 11.3. The maximum absolute atomic E-state index is 10.5. The SMILES string of the molecule is NC(=O)CCOc1ccccc1C(N)=S. The molecule has 0 spiro atoms. The predicted octanol–water partition coefficient (Wildman–Crippen LogP) is 0.575. The minimum absolute atomic E-state index is 0.172. The molecule has 0 aliphatic carbocycles. The lowest BCUT2D eigenvalue weighted by atomic mass is 10.2. The lowest BCUT2D eigenvalue weighted by Gasteiger charge is -2.09. The van der Waals surface area contributed by atoms with E-state index in [1.807, 2.05) is 6.07 Å². The maximum Gasteiger partial charge on any atom is 0.220 e. The molecule has 0 bridgehead atoms. The van der Waals surface area contributed by atoms with Crippen molar-refractivity contribution in [3.63, 3.8) is 0 Å². The smallest absolute Gasteiger partial charge is 0.220 e. The Balaban J connectivity index is 2.67. The van der Waals surface area contributed by atoms with E-state index in [0.29, 0.717) is 11.3 Å². The summed E-state index contributed by atoms with van der Waals surface area (Å²) in [7, 11) is 0. The van der Waals surface area contributed by atoms with Crippen LogP contribution in [0.4, 0.5) is 0 Å². The molecular formula is C10H12N2O2S. The molecule has 0 radical (unpaired) electrons. The molecule has 4 N–H and O–H groups in total. The number of hydrogen-bond acceptors (Lipinski definition) is 3. The molecule has 0 aliphatic rings. The van der Waals surface area contributed by atoms with Crippen molar-refractivity contribution in [3.05, 3.63) is 29.8 Å². The van der Waals surface area contributed by atoms with Gasteiger partial charge in [-0.25, -0.2) is 0 Å². The fourth-order valence-electron chi connectivity index (χ4n) is 1.06. The summed E-state index contributed by atoms with van der Waals surface area (Å²) in [5.74, 6) is 0.175. The minimum atomic E-state index is -0.400. The van der Waals surface area contributed by atoms with Crippen molar-refractivity contribution < 1.29 is 9.53 Å². The topological polar surface area (TPSA) is 78.3 Å². The number of hydrogen-bond donors (Lipinski definition) is 2. The molecule has 1 amide bonds.